The number of carbonyl (C=O) groups excluding carboxylic acids is 3. The summed E-state index contributed by atoms with van der Waals surface area (Å²) in [6.45, 7) is 1.63. The van der Waals surface area contributed by atoms with Gasteiger partial charge in [0.15, 0.2) is 0 Å². The van der Waals surface area contributed by atoms with Gasteiger partial charge in [0.05, 0.1) is 0 Å². The second-order valence-electron chi connectivity index (χ2n) is 6.32. The molecule has 6 heteroatoms. The Bertz CT molecular complexity index is 1010. The second kappa shape index (κ2) is 9.32. The Labute approximate surface area is 168 Å². The minimum atomic E-state index is -0.443. The van der Waals surface area contributed by atoms with Gasteiger partial charge in [0.2, 0.25) is 0 Å². The van der Waals surface area contributed by atoms with Crippen molar-refractivity contribution in [2.75, 3.05) is 5.32 Å². The zero-order chi connectivity index (χ0) is 20.6. The molecule has 0 radical (unpaired) electrons. The predicted octanol–water partition coefficient (Wildman–Crippen LogP) is 3.79. The summed E-state index contributed by atoms with van der Waals surface area (Å²) in [5, 5.41) is 5.65. The van der Waals surface area contributed by atoms with Gasteiger partial charge in [0, 0.05) is 30.3 Å². The van der Waals surface area contributed by atoms with Crippen LogP contribution in [0.1, 0.15) is 33.2 Å². The van der Waals surface area contributed by atoms with Crippen LogP contribution in [0.2, 0.25) is 0 Å². The zero-order valence-electron chi connectivity index (χ0n) is 15.8. The van der Waals surface area contributed by atoms with Crippen molar-refractivity contribution < 1.29 is 19.1 Å². The van der Waals surface area contributed by atoms with E-state index in [4.69, 9.17) is 4.74 Å². The highest BCUT2D eigenvalue weighted by Gasteiger charge is 2.08. The van der Waals surface area contributed by atoms with Crippen molar-refractivity contribution >= 4 is 23.5 Å². The fourth-order valence-electron chi connectivity index (χ4n) is 2.65. The lowest BCUT2D eigenvalue weighted by Gasteiger charge is -2.09. The highest BCUT2D eigenvalue weighted by atomic mass is 16.5. The van der Waals surface area contributed by atoms with Gasteiger partial charge in [-0.2, -0.15) is 0 Å². The van der Waals surface area contributed by atoms with E-state index in [2.05, 4.69) is 10.6 Å². The maximum atomic E-state index is 12.3. The first kappa shape index (κ1) is 19.8. The molecule has 0 fully saturated rings. The quantitative estimate of drug-likeness (QED) is 0.497. The summed E-state index contributed by atoms with van der Waals surface area (Å²) >= 11 is 0. The number of hydrogen-bond acceptors (Lipinski definition) is 4. The Morgan fingerprint density at radius 2 is 1.48 bits per heavy atom. The van der Waals surface area contributed by atoms with Crippen molar-refractivity contribution in [1.82, 2.24) is 5.32 Å². The average molecular weight is 388 g/mol. The highest BCUT2D eigenvalue weighted by molar-refractivity contribution is 6.04. The van der Waals surface area contributed by atoms with Crippen LogP contribution in [0.25, 0.3) is 0 Å². The van der Waals surface area contributed by atoms with Crippen molar-refractivity contribution in [3.63, 3.8) is 0 Å². The van der Waals surface area contributed by atoms with Gasteiger partial charge in [-0.05, 0) is 48.0 Å². The van der Waals surface area contributed by atoms with Crippen molar-refractivity contribution in [1.29, 1.82) is 0 Å². The van der Waals surface area contributed by atoms with E-state index in [1.807, 2.05) is 30.3 Å². The number of amides is 2. The minimum Gasteiger partial charge on any atom is -0.427 e. The van der Waals surface area contributed by atoms with Crippen molar-refractivity contribution in [2.24, 2.45) is 0 Å². The first-order chi connectivity index (χ1) is 14.0. The number of nitrogens with one attached hydrogen (secondary N) is 2. The number of carbonyl (C=O) groups is 3. The van der Waals surface area contributed by atoms with Crippen LogP contribution in [-0.2, 0) is 11.3 Å². The first-order valence-electron chi connectivity index (χ1n) is 9.03. The molecule has 0 spiro atoms. The van der Waals surface area contributed by atoms with E-state index in [1.54, 1.807) is 42.5 Å². The number of rotatable bonds is 6. The Hall–Kier alpha value is -3.93. The van der Waals surface area contributed by atoms with Crippen LogP contribution in [0.15, 0.2) is 78.9 Å². The lowest BCUT2D eigenvalue weighted by Crippen LogP contribution is -2.22. The van der Waals surface area contributed by atoms with Crippen molar-refractivity contribution in [3.05, 3.63) is 95.6 Å². The third-order valence-electron chi connectivity index (χ3n) is 4.06. The van der Waals surface area contributed by atoms with Crippen LogP contribution < -0.4 is 15.4 Å². The Balaban J connectivity index is 1.55. The molecule has 146 valence electrons. The summed E-state index contributed by atoms with van der Waals surface area (Å²) in [5.74, 6) is -0.578. The van der Waals surface area contributed by atoms with Gasteiger partial charge in [-0.15, -0.1) is 0 Å². The molecule has 2 N–H and O–H groups in total. The SMILES string of the molecule is CC(=O)Oc1cccc(C(=O)NCc2ccc(NC(=O)c3ccccc3)cc2)c1. The van der Waals surface area contributed by atoms with E-state index in [0.717, 1.165) is 5.56 Å². The third-order valence-corrected chi connectivity index (χ3v) is 4.06. The standard InChI is InChI=1S/C23H20N2O4/c1-16(26)29-21-9-5-8-19(14-21)22(27)24-15-17-10-12-20(13-11-17)25-23(28)18-6-3-2-4-7-18/h2-14H,15H2,1H3,(H,24,27)(H,25,28). The maximum absolute atomic E-state index is 12.3. The molecule has 29 heavy (non-hydrogen) atoms. The Kier molecular flexibility index (Phi) is 6.37. The fraction of sp³-hybridized carbons (Fsp3) is 0.0870. The Morgan fingerprint density at radius 3 is 2.17 bits per heavy atom. The van der Waals surface area contributed by atoms with Gasteiger partial charge in [-0.25, -0.2) is 0 Å². The molecule has 0 saturated carbocycles. The first-order valence-corrected chi connectivity index (χ1v) is 9.03. The van der Waals surface area contributed by atoms with Gasteiger partial charge in [-0.3, -0.25) is 14.4 Å². The summed E-state index contributed by atoms with van der Waals surface area (Å²) < 4.78 is 4.99. The van der Waals surface area contributed by atoms with Crippen molar-refractivity contribution in [2.45, 2.75) is 13.5 Å². The molecule has 0 aliphatic carbocycles. The topological polar surface area (TPSA) is 84.5 Å². The Morgan fingerprint density at radius 1 is 0.793 bits per heavy atom. The minimum absolute atomic E-state index is 0.181. The molecule has 0 aliphatic rings. The zero-order valence-corrected chi connectivity index (χ0v) is 15.8. The number of anilines is 1. The normalized spacial score (nSPS) is 10.1. The summed E-state index contributed by atoms with van der Waals surface area (Å²) in [7, 11) is 0. The van der Waals surface area contributed by atoms with Gasteiger partial charge in [0.25, 0.3) is 11.8 Å². The van der Waals surface area contributed by atoms with Gasteiger partial charge in [-0.1, -0.05) is 36.4 Å². The number of hydrogen-bond donors (Lipinski definition) is 2. The average Bonchev–Trinajstić information content (AvgIpc) is 2.73. The third kappa shape index (κ3) is 5.77. The summed E-state index contributed by atoms with van der Waals surface area (Å²) in [6.07, 6.45) is 0. The molecular weight excluding hydrogens is 368 g/mol. The smallest absolute Gasteiger partial charge is 0.308 e. The molecule has 0 heterocycles. The molecule has 0 saturated heterocycles. The molecule has 0 aromatic heterocycles. The summed E-state index contributed by atoms with van der Waals surface area (Å²) in [4.78, 5) is 35.5. The molecule has 3 rings (SSSR count). The van der Waals surface area contributed by atoms with Crippen LogP contribution in [-0.4, -0.2) is 17.8 Å². The summed E-state index contributed by atoms with van der Waals surface area (Å²) in [5.41, 5.74) is 2.53. The number of ether oxygens (including phenoxy) is 1. The van der Waals surface area contributed by atoms with E-state index in [0.29, 0.717) is 29.1 Å². The second-order valence-corrected chi connectivity index (χ2v) is 6.32. The van der Waals surface area contributed by atoms with E-state index < -0.39 is 5.97 Å². The molecule has 6 nitrogen and oxygen atoms in total. The van der Waals surface area contributed by atoms with E-state index in [1.165, 1.54) is 13.0 Å². The summed E-state index contributed by atoms with van der Waals surface area (Å²) in [6, 6.07) is 22.6. The number of esters is 1. The van der Waals surface area contributed by atoms with E-state index in [-0.39, 0.29) is 11.8 Å². The highest BCUT2D eigenvalue weighted by Crippen LogP contribution is 2.14. The predicted molar refractivity (Wildman–Crippen MR) is 110 cm³/mol. The van der Waals surface area contributed by atoms with Crippen LogP contribution in [0.4, 0.5) is 5.69 Å². The number of benzene rings is 3. The van der Waals surface area contributed by atoms with Crippen LogP contribution >= 0.6 is 0 Å². The molecule has 0 aliphatic heterocycles. The molecule has 0 bridgehead atoms. The fourth-order valence-corrected chi connectivity index (χ4v) is 2.65. The lowest BCUT2D eigenvalue weighted by molar-refractivity contribution is -0.131. The monoisotopic (exact) mass is 388 g/mol. The largest absolute Gasteiger partial charge is 0.427 e. The maximum Gasteiger partial charge on any atom is 0.308 e. The molecule has 3 aromatic carbocycles. The van der Waals surface area contributed by atoms with Gasteiger partial charge in [0.1, 0.15) is 5.75 Å². The van der Waals surface area contributed by atoms with Crippen LogP contribution in [0, 0.1) is 0 Å². The lowest BCUT2D eigenvalue weighted by atomic mass is 10.1. The van der Waals surface area contributed by atoms with E-state index >= 15 is 0 Å². The van der Waals surface area contributed by atoms with Crippen LogP contribution in [0.5, 0.6) is 5.75 Å². The molecule has 0 atom stereocenters. The van der Waals surface area contributed by atoms with Gasteiger partial charge < -0.3 is 15.4 Å². The molecule has 3 aromatic rings. The van der Waals surface area contributed by atoms with Gasteiger partial charge >= 0.3 is 5.97 Å². The van der Waals surface area contributed by atoms with E-state index in [9.17, 15) is 14.4 Å². The van der Waals surface area contributed by atoms with Crippen molar-refractivity contribution in [3.8, 4) is 5.75 Å². The molecule has 0 unspecified atom stereocenters. The van der Waals surface area contributed by atoms with Crippen LogP contribution in [0.3, 0.4) is 0 Å². The molecule has 2 amide bonds. The molecular formula is C23H20N2O4.